The maximum atomic E-state index is 13.8. The third-order valence-electron chi connectivity index (χ3n) is 4.45. The van der Waals surface area contributed by atoms with E-state index in [4.69, 9.17) is 5.26 Å². The molecule has 3 nitrogen and oxygen atoms in total. The van der Waals surface area contributed by atoms with E-state index in [-0.39, 0.29) is 58.0 Å². The molecule has 17 heteroatoms. The predicted molar refractivity (Wildman–Crippen MR) is 96.2 cm³/mol. The molecule has 0 atom stereocenters. The predicted octanol–water partition coefficient (Wildman–Crippen LogP) is 3.59. The summed E-state index contributed by atoms with van der Waals surface area (Å²) in [6, 6.07) is 1.18. The van der Waals surface area contributed by atoms with Gasteiger partial charge in [-0.1, -0.05) is 6.92 Å². The number of nitrogens with zero attached hydrogens (tertiary/aromatic N) is 1. The summed E-state index contributed by atoms with van der Waals surface area (Å²) in [4.78, 5) is 0. The van der Waals surface area contributed by atoms with Crippen LogP contribution in [0, 0.1) is 65.9 Å². The largest absolute Gasteiger partial charge is 1.00 e. The Morgan fingerprint density at radius 3 is 1.47 bits per heavy atom. The van der Waals surface area contributed by atoms with Crippen molar-refractivity contribution in [2.75, 3.05) is 6.61 Å². The van der Waals surface area contributed by atoms with E-state index in [9.17, 15) is 62.2 Å². The zero-order chi connectivity index (χ0) is 29.2. The smallest absolute Gasteiger partial charge is 0.613 e. The molecule has 0 saturated heterocycles. The Labute approximate surface area is 247 Å². The minimum absolute atomic E-state index is 0. The first-order valence-corrected chi connectivity index (χ1v) is 9.33. The van der Waals surface area contributed by atoms with Crippen molar-refractivity contribution < 1.29 is 118 Å². The second-order valence-electron chi connectivity index (χ2n) is 6.78. The molecule has 0 N–H and O–H groups in total. The molecule has 0 fully saturated rings. The van der Waals surface area contributed by atoms with Gasteiger partial charge in [0.1, 0.15) is 28.8 Å². The molecular weight excluding hydrogens is 584 g/mol. The summed E-state index contributed by atoms with van der Waals surface area (Å²) in [6.45, 7) is 2.40. The minimum Gasteiger partial charge on any atom is -0.613 e. The summed E-state index contributed by atoms with van der Waals surface area (Å²) in [5.41, 5.74) is -9.38. The van der Waals surface area contributed by atoms with Crippen LogP contribution in [0.3, 0.4) is 0 Å². The molecule has 0 aromatic heterocycles. The molecule has 0 amide bonds. The van der Waals surface area contributed by atoms with E-state index in [1.54, 1.807) is 0 Å². The molecular formula is C21H11F13KNO2. The van der Waals surface area contributed by atoms with Crippen LogP contribution in [0.25, 0.3) is 5.57 Å². The summed E-state index contributed by atoms with van der Waals surface area (Å²) in [5.74, 6) is -17.2. The van der Waals surface area contributed by atoms with Crippen LogP contribution in [-0.2, 0) is 17.1 Å². The van der Waals surface area contributed by atoms with E-state index in [0.717, 1.165) is 0 Å². The summed E-state index contributed by atoms with van der Waals surface area (Å²) in [6.07, 6.45) is -10.9. The molecule has 38 heavy (non-hydrogen) atoms. The molecule has 0 unspecified atom stereocenters. The van der Waals surface area contributed by atoms with Crippen molar-refractivity contribution in [1.82, 2.24) is 0 Å². The fourth-order valence-electron chi connectivity index (χ4n) is 2.73. The van der Waals surface area contributed by atoms with E-state index >= 15 is 0 Å². The van der Waals surface area contributed by atoms with E-state index in [0.29, 0.717) is 13.8 Å². The molecule has 0 radical (unpaired) electrons. The van der Waals surface area contributed by atoms with Crippen molar-refractivity contribution in [3.05, 3.63) is 74.5 Å². The van der Waals surface area contributed by atoms with Gasteiger partial charge in [-0.25, -0.2) is 30.7 Å². The van der Waals surface area contributed by atoms with Gasteiger partial charge in [0.15, 0.2) is 29.1 Å². The van der Waals surface area contributed by atoms with Crippen LogP contribution in [0.2, 0.25) is 0 Å². The standard InChI is InChI=1S/C13H9F6NO2.C8H3F7.K/c1-3-22-12(21)6(4-20)7-5(2)9(14)8(13(17,18)19)11(16)10(7)15;1-2-4(9)3(8(13,14)15)6(11)7(12)5(2)10;/h21H,3H2,1-2H3;1H3;/q;;+1/p-1/b12-6-;;. The molecule has 2 aromatic rings. The van der Waals surface area contributed by atoms with Gasteiger partial charge in [0.2, 0.25) is 0 Å². The minimum atomic E-state index is -5.48. The van der Waals surface area contributed by atoms with Crippen LogP contribution in [-0.4, -0.2) is 6.61 Å². The van der Waals surface area contributed by atoms with Crippen LogP contribution in [0.4, 0.5) is 57.1 Å². The van der Waals surface area contributed by atoms with Crippen molar-refractivity contribution in [3.63, 3.8) is 0 Å². The summed E-state index contributed by atoms with van der Waals surface area (Å²) in [7, 11) is 0. The van der Waals surface area contributed by atoms with Gasteiger partial charge in [-0.15, -0.1) is 0 Å². The Morgan fingerprint density at radius 1 is 0.711 bits per heavy atom. The van der Waals surface area contributed by atoms with Gasteiger partial charge in [-0.05, 0) is 26.0 Å². The molecule has 2 rings (SSSR count). The van der Waals surface area contributed by atoms with E-state index in [2.05, 4.69) is 4.74 Å². The van der Waals surface area contributed by atoms with Crippen molar-refractivity contribution in [3.8, 4) is 6.07 Å². The molecule has 0 spiro atoms. The number of benzene rings is 2. The Balaban J connectivity index is 0.000000750. The first-order chi connectivity index (χ1) is 16.7. The van der Waals surface area contributed by atoms with Gasteiger partial charge < -0.3 is 9.84 Å². The number of hydrogen-bond donors (Lipinski definition) is 0. The topological polar surface area (TPSA) is 56.1 Å². The fourth-order valence-corrected chi connectivity index (χ4v) is 2.73. The first kappa shape index (κ1) is 36.0. The molecule has 204 valence electrons. The molecule has 2 aromatic carbocycles. The van der Waals surface area contributed by atoms with Crippen LogP contribution < -0.4 is 56.5 Å². The second-order valence-corrected chi connectivity index (χ2v) is 6.78. The number of halogens is 13. The number of nitriles is 1. The van der Waals surface area contributed by atoms with Crippen LogP contribution >= 0.6 is 0 Å². The SMILES string of the molecule is CCO/C([O-])=C(/C#N)c1c(C)c(F)c(C(F)(F)F)c(F)c1F.Cc1c(F)c(F)c(F)c(C(F)(F)F)c1F.[K+]. The Bertz CT molecular complexity index is 1220. The summed E-state index contributed by atoms with van der Waals surface area (Å²) in [5, 5.41) is 20.3. The van der Waals surface area contributed by atoms with Gasteiger partial charge in [0.05, 0.1) is 11.5 Å². The number of ether oxygens (including phenoxy) is 1. The van der Waals surface area contributed by atoms with Gasteiger partial charge in [0.25, 0.3) is 0 Å². The quantitative estimate of drug-likeness (QED) is 0.136. The maximum absolute atomic E-state index is 13.8. The third-order valence-corrected chi connectivity index (χ3v) is 4.45. The van der Waals surface area contributed by atoms with Crippen molar-refractivity contribution >= 4 is 5.57 Å². The van der Waals surface area contributed by atoms with Gasteiger partial charge in [-0.2, -0.15) is 31.6 Å². The monoisotopic (exact) mass is 595 g/mol. The molecule has 0 aliphatic rings. The Morgan fingerprint density at radius 2 is 1.11 bits per heavy atom. The first-order valence-electron chi connectivity index (χ1n) is 9.33. The second kappa shape index (κ2) is 13.4. The average Bonchev–Trinajstić information content (AvgIpc) is 2.76. The molecule has 0 bridgehead atoms. The molecule has 0 saturated carbocycles. The Hall–Kier alpha value is -2.00. The van der Waals surface area contributed by atoms with Gasteiger partial charge >= 0.3 is 63.7 Å². The molecule has 0 aliphatic carbocycles. The normalized spacial score (nSPS) is 12.1. The zero-order valence-electron chi connectivity index (χ0n) is 19.4. The number of hydrogen-bond acceptors (Lipinski definition) is 3. The van der Waals surface area contributed by atoms with Crippen molar-refractivity contribution in [2.45, 2.75) is 33.1 Å². The van der Waals surface area contributed by atoms with Crippen LogP contribution in [0.1, 0.15) is 34.7 Å². The van der Waals surface area contributed by atoms with Gasteiger partial charge in [-0.3, -0.25) is 0 Å². The molecule has 0 heterocycles. The number of alkyl halides is 6. The van der Waals surface area contributed by atoms with Crippen molar-refractivity contribution in [1.29, 1.82) is 5.26 Å². The van der Waals surface area contributed by atoms with E-state index in [1.807, 2.05) is 0 Å². The maximum Gasteiger partial charge on any atom is 1.00 e. The van der Waals surface area contributed by atoms with Crippen molar-refractivity contribution in [2.24, 2.45) is 0 Å². The average molecular weight is 595 g/mol. The van der Waals surface area contributed by atoms with Gasteiger partial charge in [0, 0.05) is 11.1 Å². The van der Waals surface area contributed by atoms with Crippen LogP contribution in [0.5, 0.6) is 0 Å². The summed E-state index contributed by atoms with van der Waals surface area (Å²) < 4.78 is 170. The van der Waals surface area contributed by atoms with Crippen LogP contribution in [0.15, 0.2) is 5.95 Å². The summed E-state index contributed by atoms with van der Waals surface area (Å²) >= 11 is 0. The van der Waals surface area contributed by atoms with E-state index in [1.165, 1.54) is 13.0 Å². The number of rotatable bonds is 3. The van der Waals surface area contributed by atoms with E-state index < -0.39 is 92.4 Å². The Kier molecular flexibility index (Phi) is 12.7. The number of allylic oxidation sites excluding steroid dienone is 1. The molecule has 0 aliphatic heterocycles. The zero-order valence-corrected chi connectivity index (χ0v) is 22.5. The fraction of sp³-hybridized carbons (Fsp3) is 0.286. The third kappa shape index (κ3) is 7.34.